The fourth-order valence-electron chi connectivity index (χ4n) is 1.57. The van der Waals surface area contributed by atoms with E-state index in [0.717, 1.165) is 17.0 Å². The maximum atomic E-state index is 5.17. The minimum Gasteiger partial charge on any atom is -0.497 e. The van der Waals surface area contributed by atoms with E-state index >= 15 is 0 Å². The molecule has 2 aromatic carbocycles. The van der Waals surface area contributed by atoms with Gasteiger partial charge in [0.05, 0.1) is 7.11 Å². The summed E-state index contributed by atoms with van der Waals surface area (Å²) in [6, 6.07) is 17.4. The largest absolute Gasteiger partial charge is 0.497 e. The number of hydrogen-bond donors (Lipinski definition) is 3. The quantitative estimate of drug-likeness (QED) is 0.447. The van der Waals surface area contributed by atoms with E-state index in [1.807, 2.05) is 60.8 Å². The van der Waals surface area contributed by atoms with Gasteiger partial charge in [0.15, 0.2) is 6.21 Å². The molecular weight excluding hydrogens is 270 g/mol. The molecule has 0 aliphatic heterocycles. The SMILES string of the molecule is COc1ccc(C=[NH+]NC(=S)Nc2ccccc2)cc1. The lowest BCUT2D eigenvalue weighted by atomic mass is 10.2. The predicted octanol–water partition coefficient (Wildman–Crippen LogP) is 1.10. The molecule has 5 heteroatoms. The highest BCUT2D eigenvalue weighted by molar-refractivity contribution is 7.80. The number of hydrazone groups is 1. The maximum absolute atomic E-state index is 5.17. The van der Waals surface area contributed by atoms with Crippen molar-refractivity contribution < 1.29 is 9.84 Å². The Hall–Kier alpha value is -2.40. The van der Waals surface area contributed by atoms with Crippen LogP contribution < -0.4 is 20.6 Å². The van der Waals surface area contributed by atoms with Gasteiger partial charge >= 0.3 is 0 Å². The predicted molar refractivity (Wildman–Crippen MR) is 84.9 cm³/mol. The van der Waals surface area contributed by atoms with Crippen LogP contribution in [0, 0.1) is 0 Å². The zero-order valence-corrected chi connectivity index (χ0v) is 11.9. The number of para-hydroxylation sites is 1. The number of nitrogens with one attached hydrogen (secondary N) is 3. The summed E-state index contributed by atoms with van der Waals surface area (Å²) in [5.41, 5.74) is 4.85. The molecule has 20 heavy (non-hydrogen) atoms. The molecule has 0 atom stereocenters. The lowest BCUT2D eigenvalue weighted by Crippen LogP contribution is -2.82. The van der Waals surface area contributed by atoms with Crippen molar-refractivity contribution in [3.05, 3.63) is 60.2 Å². The molecule has 102 valence electrons. The number of methoxy groups -OCH3 is 1. The van der Waals surface area contributed by atoms with E-state index in [0.29, 0.717) is 5.11 Å². The third-order valence-electron chi connectivity index (χ3n) is 2.57. The summed E-state index contributed by atoms with van der Waals surface area (Å²) in [5.74, 6) is 0.830. The average molecular weight is 286 g/mol. The number of rotatable bonds is 4. The van der Waals surface area contributed by atoms with Crippen LogP contribution in [0.25, 0.3) is 0 Å². The second-order valence-corrected chi connectivity index (χ2v) is 4.42. The van der Waals surface area contributed by atoms with Gasteiger partial charge in [0.25, 0.3) is 0 Å². The summed E-state index contributed by atoms with van der Waals surface area (Å²) in [7, 11) is 1.65. The maximum Gasteiger partial charge on any atom is 0.228 e. The summed E-state index contributed by atoms with van der Waals surface area (Å²) >= 11 is 5.17. The molecule has 0 heterocycles. The van der Waals surface area contributed by atoms with Crippen molar-refractivity contribution in [1.29, 1.82) is 0 Å². The average Bonchev–Trinajstić information content (AvgIpc) is 2.49. The number of benzene rings is 2. The summed E-state index contributed by atoms with van der Waals surface area (Å²) in [4.78, 5) is 0. The monoisotopic (exact) mass is 286 g/mol. The molecule has 0 unspecified atom stereocenters. The fourth-order valence-corrected chi connectivity index (χ4v) is 1.75. The summed E-state index contributed by atoms with van der Waals surface area (Å²) in [5, 5.41) is 6.50. The number of hydrogen-bond acceptors (Lipinski definition) is 2. The van der Waals surface area contributed by atoms with Crippen LogP contribution >= 0.6 is 12.2 Å². The summed E-state index contributed by atoms with van der Waals surface area (Å²) in [6.45, 7) is 0. The molecule has 0 bridgehead atoms. The van der Waals surface area contributed by atoms with E-state index in [1.54, 1.807) is 7.11 Å². The number of ether oxygens (including phenoxy) is 1. The van der Waals surface area contributed by atoms with Gasteiger partial charge in [0.2, 0.25) is 5.11 Å². The van der Waals surface area contributed by atoms with Crippen molar-refractivity contribution in [3.8, 4) is 5.75 Å². The third kappa shape index (κ3) is 4.37. The molecule has 0 spiro atoms. The Morgan fingerprint density at radius 1 is 1.10 bits per heavy atom. The number of thiocarbonyl (C=S) groups is 1. The Labute approximate surface area is 123 Å². The number of anilines is 1. The molecule has 0 saturated carbocycles. The van der Waals surface area contributed by atoms with Crippen LogP contribution in [0.4, 0.5) is 5.69 Å². The van der Waals surface area contributed by atoms with Crippen molar-refractivity contribution in [2.45, 2.75) is 0 Å². The number of hydrazine groups is 1. The molecule has 4 nitrogen and oxygen atoms in total. The molecule has 0 radical (unpaired) electrons. The summed E-state index contributed by atoms with van der Waals surface area (Å²) in [6.07, 6.45) is 1.82. The zero-order valence-electron chi connectivity index (χ0n) is 11.1. The van der Waals surface area contributed by atoms with Crippen molar-refractivity contribution in [1.82, 2.24) is 5.43 Å². The van der Waals surface area contributed by atoms with E-state index in [-0.39, 0.29) is 0 Å². The van der Waals surface area contributed by atoms with Crippen LogP contribution in [-0.2, 0) is 0 Å². The van der Waals surface area contributed by atoms with Gasteiger partial charge in [-0.1, -0.05) is 18.2 Å². The minimum atomic E-state index is 0.501. The van der Waals surface area contributed by atoms with Gasteiger partial charge in [-0.15, -0.1) is 10.5 Å². The van der Waals surface area contributed by atoms with Crippen LogP contribution in [0.15, 0.2) is 54.6 Å². The van der Waals surface area contributed by atoms with Gasteiger partial charge < -0.3 is 10.1 Å². The van der Waals surface area contributed by atoms with Crippen molar-refractivity contribution in [2.24, 2.45) is 0 Å². The van der Waals surface area contributed by atoms with Crippen LogP contribution in [-0.4, -0.2) is 18.4 Å². The van der Waals surface area contributed by atoms with E-state index < -0.39 is 0 Å². The molecule has 2 aromatic rings. The molecule has 0 amide bonds. The summed E-state index contributed by atoms with van der Waals surface area (Å²) < 4.78 is 5.10. The van der Waals surface area contributed by atoms with Gasteiger partial charge in [-0.25, -0.2) is 0 Å². The fraction of sp³-hybridized carbons (Fsp3) is 0.0667. The van der Waals surface area contributed by atoms with E-state index in [2.05, 4.69) is 15.8 Å². The molecular formula is C15H16N3OS+. The zero-order chi connectivity index (χ0) is 14.2. The first-order valence-electron chi connectivity index (χ1n) is 6.13. The molecule has 0 aliphatic carbocycles. The topological polar surface area (TPSA) is 47.3 Å². The lowest BCUT2D eigenvalue weighted by molar-refractivity contribution is -0.499. The minimum absolute atomic E-state index is 0.501. The first-order chi connectivity index (χ1) is 9.78. The Morgan fingerprint density at radius 2 is 1.80 bits per heavy atom. The first kappa shape index (κ1) is 14.0. The molecule has 2 rings (SSSR count). The van der Waals surface area contributed by atoms with Crippen LogP contribution in [0.3, 0.4) is 0 Å². The van der Waals surface area contributed by atoms with Gasteiger partial charge in [-0.3, -0.25) is 0 Å². The van der Waals surface area contributed by atoms with E-state index in [1.165, 1.54) is 0 Å². The van der Waals surface area contributed by atoms with E-state index in [9.17, 15) is 0 Å². The highest BCUT2D eigenvalue weighted by Crippen LogP contribution is 2.09. The lowest BCUT2D eigenvalue weighted by Gasteiger charge is -2.03. The van der Waals surface area contributed by atoms with E-state index in [4.69, 9.17) is 17.0 Å². The Morgan fingerprint density at radius 3 is 2.45 bits per heavy atom. The van der Waals surface area contributed by atoms with Crippen LogP contribution in [0.1, 0.15) is 5.56 Å². The van der Waals surface area contributed by atoms with Crippen LogP contribution in [0.2, 0.25) is 0 Å². The molecule has 0 aliphatic rings. The van der Waals surface area contributed by atoms with Crippen molar-refractivity contribution in [3.63, 3.8) is 0 Å². The highest BCUT2D eigenvalue weighted by atomic mass is 32.1. The van der Waals surface area contributed by atoms with Gasteiger partial charge in [-0.05, 0) is 48.6 Å². The molecule has 3 N–H and O–H groups in total. The second kappa shape index (κ2) is 7.25. The van der Waals surface area contributed by atoms with Gasteiger partial charge in [0, 0.05) is 11.3 Å². The van der Waals surface area contributed by atoms with Crippen molar-refractivity contribution in [2.75, 3.05) is 12.4 Å². The van der Waals surface area contributed by atoms with Crippen molar-refractivity contribution >= 4 is 29.2 Å². The molecule has 0 fully saturated rings. The second-order valence-electron chi connectivity index (χ2n) is 4.01. The Kier molecular flexibility index (Phi) is 5.08. The van der Waals surface area contributed by atoms with Gasteiger partial charge in [0.1, 0.15) is 5.75 Å². The van der Waals surface area contributed by atoms with Gasteiger partial charge in [-0.2, -0.15) is 0 Å². The Bertz CT molecular complexity index is 582. The normalized spacial score (nSPS) is 10.2. The van der Waals surface area contributed by atoms with Crippen LogP contribution in [0.5, 0.6) is 5.75 Å². The standard InChI is InChI=1S/C15H15N3OS/c1-19-14-9-7-12(8-10-14)11-16-18-15(20)17-13-5-3-2-4-6-13/h2-11H,1H3,(H2,17,18,20)/p+1. The Balaban J connectivity index is 1.84. The first-order valence-corrected chi connectivity index (χ1v) is 6.53. The smallest absolute Gasteiger partial charge is 0.228 e. The third-order valence-corrected chi connectivity index (χ3v) is 2.78. The highest BCUT2D eigenvalue weighted by Gasteiger charge is 1.98. The molecule has 0 aromatic heterocycles. The molecule has 0 saturated heterocycles.